The van der Waals surface area contributed by atoms with Crippen molar-refractivity contribution < 1.29 is 4.79 Å². The van der Waals surface area contributed by atoms with Gasteiger partial charge in [-0.15, -0.1) is 0 Å². The first-order valence-corrected chi connectivity index (χ1v) is 6.70. The van der Waals surface area contributed by atoms with Gasteiger partial charge in [0.25, 0.3) is 0 Å². The molecule has 3 aliphatic rings. The number of fused-ring (bicyclic) bond motifs is 3. The van der Waals surface area contributed by atoms with Crippen molar-refractivity contribution >= 4 is 5.78 Å². The van der Waals surface area contributed by atoms with Gasteiger partial charge in [-0.25, -0.2) is 0 Å². The molecular formula is C14H24O. The molecule has 15 heavy (non-hydrogen) atoms. The zero-order valence-electron chi connectivity index (χ0n) is 10.3. The number of carbonyl (C=O) groups is 1. The van der Waals surface area contributed by atoms with Crippen LogP contribution in [0.15, 0.2) is 0 Å². The molecule has 3 aliphatic carbocycles. The first kappa shape index (κ1) is 11.2. The minimum atomic E-state index is 0.129. The molecule has 0 aromatic heterocycles. The first-order chi connectivity index (χ1) is 7.16. The van der Waals surface area contributed by atoms with E-state index in [1.807, 2.05) is 6.92 Å². The van der Waals surface area contributed by atoms with E-state index >= 15 is 0 Å². The summed E-state index contributed by atoms with van der Waals surface area (Å²) in [7, 11) is 0. The Balaban J connectivity index is 2.07. The van der Waals surface area contributed by atoms with Gasteiger partial charge in [-0.3, -0.25) is 4.79 Å². The summed E-state index contributed by atoms with van der Waals surface area (Å²) in [6, 6.07) is 0. The predicted octanol–water partition coefficient (Wildman–Crippen LogP) is 4.11. The van der Waals surface area contributed by atoms with Gasteiger partial charge in [-0.05, 0) is 50.4 Å². The second-order valence-corrected chi connectivity index (χ2v) is 5.81. The summed E-state index contributed by atoms with van der Waals surface area (Å²) in [5, 5.41) is 0. The summed E-state index contributed by atoms with van der Waals surface area (Å²) in [6.07, 6.45) is 11.0. The molecule has 0 N–H and O–H groups in total. The maximum absolute atomic E-state index is 12.0. The van der Waals surface area contributed by atoms with Crippen LogP contribution in [-0.2, 0) is 4.79 Å². The Kier molecular flexibility index (Phi) is 2.92. The van der Waals surface area contributed by atoms with Crippen LogP contribution in [0.4, 0.5) is 0 Å². The summed E-state index contributed by atoms with van der Waals surface area (Å²) >= 11 is 0. The number of hydrogen-bond acceptors (Lipinski definition) is 1. The fourth-order valence-electron chi connectivity index (χ4n) is 3.96. The van der Waals surface area contributed by atoms with Gasteiger partial charge in [0.2, 0.25) is 0 Å². The van der Waals surface area contributed by atoms with Gasteiger partial charge >= 0.3 is 0 Å². The van der Waals surface area contributed by atoms with E-state index in [4.69, 9.17) is 0 Å². The second kappa shape index (κ2) is 3.92. The Bertz CT molecular complexity index is 230. The molecule has 0 atom stereocenters. The summed E-state index contributed by atoms with van der Waals surface area (Å²) in [6.45, 7) is 4.32. The third-order valence-electron chi connectivity index (χ3n) is 5.09. The van der Waals surface area contributed by atoms with Crippen LogP contribution in [-0.4, -0.2) is 5.78 Å². The molecule has 3 fully saturated rings. The average molecular weight is 208 g/mol. The second-order valence-electron chi connectivity index (χ2n) is 5.81. The van der Waals surface area contributed by atoms with Crippen LogP contribution < -0.4 is 0 Å². The van der Waals surface area contributed by atoms with E-state index in [-0.39, 0.29) is 5.41 Å². The van der Waals surface area contributed by atoms with Crippen LogP contribution in [0.25, 0.3) is 0 Å². The molecule has 86 valence electrons. The van der Waals surface area contributed by atoms with Gasteiger partial charge in [0.05, 0.1) is 0 Å². The lowest BCUT2D eigenvalue weighted by molar-refractivity contribution is -0.138. The Morgan fingerprint density at radius 1 is 1.00 bits per heavy atom. The van der Waals surface area contributed by atoms with Crippen molar-refractivity contribution in [3.63, 3.8) is 0 Å². The quantitative estimate of drug-likeness (QED) is 0.679. The van der Waals surface area contributed by atoms with Crippen molar-refractivity contribution in [2.24, 2.45) is 10.8 Å². The molecule has 0 amide bonds. The number of carbonyl (C=O) groups excluding carboxylic acids is 1. The topological polar surface area (TPSA) is 17.1 Å². The highest BCUT2D eigenvalue weighted by Crippen LogP contribution is 2.59. The Morgan fingerprint density at radius 3 is 1.93 bits per heavy atom. The monoisotopic (exact) mass is 208 g/mol. The number of hydrogen-bond donors (Lipinski definition) is 0. The van der Waals surface area contributed by atoms with Gasteiger partial charge in [-0.2, -0.15) is 0 Å². The van der Waals surface area contributed by atoms with E-state index in [1.54, 1.807) is 0 Å². The molecule has 3 saturated carbocycles. The van der Waals surface area contributed by atoms with Crippen LogP contribution in [0.5, 0.6) is 0 Å². The van der Waals surface area contributed by atoms with E-state index in [1.165, 1.54) is 51.4 Å². The van der Waals surface area contributed by atoms with Gasteiger partial charge in [-0.1, -0.05) is 20.3 Å². The Morgan fingerprint density at radius 2 is 1.53 bits per heavy atom. The Hall–Kier alpha value is -0.330. The molecule has 0 unspecified atom stereocenters. The van der Waals surface area contributed by atoms with Crippen LogP contribution in [0.3, 0.4) is 0 Å². The normalized spacial score (nSPS) is 39.3. The lowest BCUT2D eigenvalue weighted by atomic mass is 9.51. The highest BCUT2D eigenvalue weighted by Gasteiger charge is 2.50. The molecule has 0 aromatic carbocycles. The van der Waals surface area contributed by atoms with Crippen LogP contribution in [0.2, 0.25) is 0 Å². The highest BCUT2D eigenvalue weighted by molar-refractivity contribution is 5.84. The fourth-order valence-corrected chi connectivity index (χ4v) is 3.96. The molecule has 0 aromatic rings. The minimum Gasteiger partial charge on any atom is -0.299 e. The van der Waals surface area contributed by atoms with Crippen molar-refractivity contribution in [1.82, 2.24) is 0 Å². The van der Waals surface area contributed by atoms with Crippen molar-refractivity contribution in [2.45, 2.75) is 71.6 Å². The largest absolute Gasteiger partial charge is 0.299 e. The SMILES string of the molecule is CCCC12CCC(C(=O)CC)(CC1)CC2. The number of Topliss-reactive ketones (excluding diaryl/α,β-unsaturated/α-hetero) is 1. The van der Waals surface area contributed by atoms with Gasteiger partial charge < -0.3 is 0 Å². The molecule has 0 radical (unpaired) electrons. The molecule has 2 bridgehead atoms. The molecule has 0 heterocycles. The fraction of sp³-hybridized carbons (Fsp3) is 0.929. The molecule has 0 saturated heterocycles. The number of ketones is 1. The highest BCUT2D eigenvalue weighted by atomic mass is 16.1. The van der Waals surface area contributed by atoms with Gasteiger partial charge in [0.1, 0.15) is 5.78 Å². The van der Waals surface area contributed by atoms with Crippen LogP contribution in [0.1, 0.15) is 71.6 Å². The zero-order chi connectivity index (χ0) is 10.9. The summed E-state index contributed by atoms with van der Waals surface area (Å²) < 4.78 is 0. The van der Waals surface area contributed by atoms with Crippen LogP contribution in [0, 0.1) is 10.8 Å². The first-order valence-electron chi connectivity index (χ1n) is 6.70. The standard InChI is InChI=1S/C14H24O/c1-3-5-13-6-9-14(10-7-13,11-8-13)12(15)4-2/h3-11H2,1-2H3. The van der Waals surface area contributed by atoms with Gasteiger partial charge in [0.15, 0.2) is 0 Å². The van der Waals surface area contributed by atoms with E-state index in [2.05, 4.69) is 6.92 Å². The van der Waals surface area contributed by atoms with Crippen molar-refractivity contribution in [1.29, 1.82) is 0 Å². The van der Waals surface area contributed by atoms with E-state index in [9.17, 15) is 4.79 Å². The van der Waals surface area contributed by atoms with E-state index in [0.29, 0.717) is 11.2 Å². The van der Waals surface area contributed by atoms with E-state index < -0.39 is 0 Å². The maximum Gasteiger partial charge on any atom is 0.138 e. The third-order valence-corrected chi connectivity index (χ3v) is 5.09. The lowest BCUT2D eigenvalue weighted by Crippen LogP contribution is -2.45. The number of rotatable bonds is 4. The third kappa shape index (κ3) is 1.74. The molecule has 0 spiro atoms. The van der Waals surface area contributed by atoms with E-state index in [0.717, 1.165) is 6.42 Å². The molecule has 0 aliphatic heterocycles. The van der Waals surface area contributed by atoms with Crippen LogP contribution >= 0.6 is 0 Å². The average Bonchev–Trinajstić information content (AvgIpc) is 2.30. The predicted molar refractivity (Wildman–Crippen MR) is 62.8 cm³/mol. The molecule has 1 nitrogen and oxygen atoms in total. The molecule has 1 heteroatoms. The summed E-state index contributed by atoms with van der Waals surface area (Å²) in [4.78, 5) is 12.0. The molecule has 3 rings (SSSR count). The van der Waals surface area contributed by atoms with Gasteiger partial charge in [0, 0.05) is 11.8 Å². The lowest BCUT2D eigenvalue weighted by Gasteiger charge is -2.53. The maximum atomic E-state index is 12.0. The van der Waals surface area contributed by atoms with Crippen molar-refractivity contribution in [2.75, 3.05) is 0 Å². The molecular weight excluding hydrogens is 184 g/mol. The Labute approximate surface area is 93.6 Å². The summed E-state index contributed by atoms with van der Waals surface area (Å²) in [5.41, 5.74) is 0.773. The van der Waals surface area contributed by atoms with Crippen molar-refractivity contribution in [3.8, 4) is 0 Å². The summed E-state index contributed by atoms with van der Waals surface area (Å²) in [5.74, 6) is 0.548. The smallest absolute Gasteiger partial charge is 0.138 e. The minimum absolute atomic E-state index is 0.129. The van der Waals surface area contributed by atoms with Crippen molar-refractivity contribution in [3.05, 3.63) is 0 Å². The zero-order valence-corrected chi connectivity index (χ0v) is 10.3.